The fourth-order valence-corrected chi connectivity index (χ4v) is 7.75. The molecule has 4 aliphatic carbocycles. The van der Waals surface area contributed by atoms with Crippen LogP contribution in [0.3, 0.4) is 0 Å². The summed E-state index contributed by atoms with van der Waals surface area (Å²) >= 11 is 0. The van der Waals surface area contributed by atoms with Gasteiger partial charge in [0.05, 0.1) is 37.4 Å². The molecule has 1 N–H and O–H groups in total. The molecule has 0 amide bonds. The molecule has 5 nitrogen and oxygen atoms in total. The Bertz CT molecular complexity index is 674. The Labute approximate surface area is 175 Å². The zero-order chi connectivity index (χ0) is 20.8. The van der Waals surface area contributed by atoms with E-state index in [1.807, 2.05) is 0 Å². The van der Waals surface area contributed by atoms with Gasteiger partial charge in [-0.3, -0.25) is 4.79 Å². The first-order chi connectivity index (χ1) is 13.8. The standard InChI is InChI=1S/C24H37NO4/c1-23-12-21(27)19-10-15(18(23)7-6-17(23)14-25)4-5-16-11-20(26)22(13-24(16,19)2)29-9-8-28-3/h15-20,22,26H,4-13H2,1-3H3. The number of Topliss-reactive ketones (excluding diaryl/α,β-unsaturated/α-hetero) is 1. The van der Waals surface area contributed by atoms with Gasteiger partial charge in [0, 0.05) is 19.4 Å². The fraction of sp³-hybridized carbons (Fsp3) is 0.917. The normalized spacial score (nSPS) is 49.5. The molecule has 0 aromatic rings. The summed E-state index contributed by atoms with van der Waals surface area (Å²) in [5.74, 6) is 1.80. The predicted octanol–water partition coefficient (Wildman–Crippen LogP) is 3.74. The number of methoxy groups -OCH3 is 1. The second-order valence-electron chi connectivity index (χ2n) is 10.8. The third kappa shape index (κ3) is 3.46. The number of ether oxygens (including phenoxy) is 2. The molecule has 4 saturated carbocycles. The summed E-state index contributed by atoms with van der Waals surface area (Å²) < 4.78 is 11.1. The van der Waals surface area contributed by atoms with Crippen LogP contribution in [-0.2, 0) is 14.3 Å². The third-order valence-corrected chi connectivity index (χ3v) is 9.45. The Morgan fingerprint density at radius 1 is 1.14 bits per heavy atom. The number of ketones is 1. The molecular weight excluding hydrogens is 366 g/mol. The quantitative estimate of drug-likeness (QED) is 0.723. The van der Waals surface area contributed by atoms with Crippen molar-refractivity contribution in [1.29, 1.82) is 5.26 Å². The van der Waals surface area contributed by atoms with Crippen molar-refractivity contribution >= 4 is 5.78 Å². The van der Waals surface area contributed by atoms with E-state index in [0.717, 1.165) is 44.9 Å². The zero-order valence-electron chi connectivity index (χ0n) is 18.2. The van der Waals surface area contributed by atoms with Gasteiger partial charge in [-0.25, -0.2) is 0 Å². The number of nitriles is 1. The molecule has 4 rings (SSSR count). The number of carbonyl (C=O) groups excluding carboxylic acids is 1. The molecule has 0 spiro atoms. The number of hydrogen-bond acceptors (Lipinski definition) is 5. The first-order valence-electron chi connectivity index (χ1n) is 11.5. The SMILES string of the molecule is COCCOC1CC2(C)C(CCC3CC2C(=O)CC2(C)C(C#N)CCC32)CC1O. The average Bonchev–Trinajstić information content (AvgIpc) is 2.85. The van der Waals surface area contributed by atoms with E-state index < -0.39 is 6.10 Å². The minimum absolute atomic E-state index is 0.0130. The number of fused-ring (bicyclic) bond motifs is 6. The Kier molecular flexibility index (Phi) is 5.83. The molecule has 2 bridgehead atoms. The fourth-order valence-electron chi connectivity index (χ4n) is 7.75. The van der Waals surface area contributed by atoms with E-state index in [1.165, 1.54) is 0 Å². The molecule has 0 aliphatic heterocycles. The van der Waals surface area contributed by atoms with Crippen LogP contribution >= 0.6 is 0 Å². The highest BCUT2D eigenvalue weighted by molar-refractivity contribution is 5.83. The monoisotopic (exact) mass is 403 g/mol. The Morgan fingerprint density at radius 2 is 1.93 bits per heavy atom. The molecule has 0 radical (unpaired) electrons. The lowest BCUT2D eigenvalue weighted by Crippen LogP contribution is -2.51. The van der Waals surface area contributed by atoms with Gasteiger partial charge in [-0.1, -0.05) is 13.8 Å². The van der Waals surface area contributed by atoms with Crippen LogP contribution in [0.1, 0.15) is 65.2 Å². The predicted molar refractivity (Wildman–Crippen MR) is 109 cm³/mol. The minimum atomic E-state index is -0.458. The van der Waals surface area contributed by atoms with Crippen LogP contribution in [0.4, 0.5) is 0 Å². The van der Waals surface area contributed by atoms with Crippen LogP contribution < -0.4 is 0 Å². The van der Waals surface area contributed by atoms with Crippen LogP contribution in [0.5, 0.6) is 0 Å². The molecule has 0 aromatic carbocycles. The molecule has 5 heteroatoms. The van der Waals surface area contributed by atoms with E-state index in [4.69, 9.17) is 9.47 Å². The van der Waals surface area contributed by atoms with Crippen molar-refractivity contribution in [2.75, 3.05) is 20.3 Å². The number of carbonyl (C=O) groups is 1. The summed E-state index contributed by atoms with van der Waals surface area (Å²) in [4.78, 5) is 13.7. The summed E-state index contributed by atoms with van der Waals surface area (Å²) in [6.07, 6.45) is 6.55. The van der Waals surface area contributed by atoms with Gasteiger partial charge in [-0.15, -0.1) is 0 Å². The van der Waals surface area contributed by atoms with Crippen LogP contribution in [0, 0.1) is 51.8 Å². The van der Waals surface area contributed by atoms with Gasteiger partial charge in [0.25, 0.3) is 0 Å². The van der Waals surface area contributed by atoms with E-state index in [2.05, 4.69) is 19.9 Å². The number of aliphatic hydroxyl groups is 1. The smallest absolute Gasteiger partial charge is 0.137 e. The van der Waals surface area contributed by atoms with Crippen molar-refractivity contribution in [1.82, 2.24) is 0 Å². The lowest BCUT2D eigenvalue weighted by atomic mass is 9.57. The summed E-state index contributed by atoms with van der Waals surface area (Å²) in [7, 11) is 1.65. The summed E-state index contributed by atoms with van der Waals surface area (Å²) in [6.45, 7) is 5.49. The highest BCUT2D eigenvalue weighted by atomic mass is 16.5. The first kappa shape index (κ1) is 21.3. The van der Waals surface area contributed by atoms with Crippen LogP contribution in [0.25, 0.3) is 0 Å². The van der Waals surface area contributed by atoms with E-state index >= 15 is 0 Å². The van der Waals surface area contributed by atoms with Gasteiger partial charge in [-0.2, -0.15) is 5.26 Å². The molecule has 9 unspecified atom stereocenters. The molecule has 9 atom stereocenters. The maximum atomic E-state index is 13.7. The topological polar surface area (TPSA) is 79.5 Å². The minimum Gasteiger partial charge on any atom is -0.390 e. The highest BCUT2D eigenvalue weighted by Crippen LogP contribution is 2.63. The summed E-state index contributed by atoms with van der Waals surface area (Å²) in [5.41, 5.74) is -0.281. The van der Waals surface area contributed by atoms with E-state index in [-0.39, 0.29) is 28.8 Å². The van der Waals surface area contributed by atoms with Gasteiger partial charge in [0.1, 0.15) is 5.78 Å². The maximum absolute atomic E-state index is 13.7. The lowest BCUT2D eigenvalue weighted by molar-refractivity contribution is -0.148. The Balaban J connectivity index is 1.62. The number of hydrogen-bond donors (Lipinski definition) is 1. The molecule has 0 saturated heterocycles. The van der Waals surface area contributed by atoms with E-state index in [9.17, 15) is 15.2 Å². The Hall–Kier alpha value is -0.960. The lowest BCUT2D eigenvalue weighted by Gasteiger charge is -2.49. The molecule has 0 aromatic heterocycles. The van der Waals surface area contributed by atoms with Crippen molar-refractivity contribution in [3.63, 3.8) is 0 Å². The first-order valence-corrected chi connectivity index (χ1v) is 11.5. The summed E-state index contributed by atoms with van der Waals surface area (Å²) in [5, 5.41) is 20.5. The molecule has 0 heterocycles. The van der Waals surface area contributed by atoms with Gasteiger partial charge < -0.3 is 14.6 Å². The van der Waals surface area contributed by atoms with Crippen molar-refractivity contribution in [3.8, 4) is 6.07 Å². The van der Waals surface area contributed by atoms with Crippen molar-refractivity contribution < 1.29 is 19.4 Å². The second kappa shape index (κ2) is 7.94. The van der Waals surface area contributed by atoms with Crippen LogP contribution in [0.15, 0.2) is 0 Å². The van der Waals surface area contributed by atoms with Gasteiger partial charge in [0.2, 0.25) is 0 Å². The van der Waals surface area contributed by atoms with Gasteiger partial charge in [0.15, 0.2) is 0 Å². The molecule has 162 valence electrons. The third-order valence-electron chi connectivity index (χ3n) is 9.45. The molecule has 29 heavy (non-hydrogen) atoms. The summed E-state index contributed by atoms with van der Waals surface area (Å²) in [6, 6.07) is 2.54. The number of aliphatic hydroxyl groups excluding tert-OH is 1. The molecule has 4 aliphatic rings. The van der Waals surface area contributed by atoms with Crippen molar-refractivity contribution in [2.45, 2.75) is 77.4 Å². The van der Waals surface area contributed by atoms with Crippen LogP contribution in [0.2, 0.25) is 0 Å². The van der Waals surface area contributed by atoms with E-state index in [0.29, 0.717) is 43.2 Å². The van der Waals surface area contributed by atoms with E-state index in [1.54, 1.807) is 7.11 Å². The number of rotatable bonds is 4. The van der Waals surface area contributed by atoms with Gasteiger partial charge in [-0.05, 0) is 73.5 Å². The van der Waals surface area contributed by atoms with Crippen LogP contribution in [-0.4, -0.2) is 43.4 Å². The highest BCUT2D eigenvalue weighted by Gasteiger charge is 2.59. The average molecular weight is 404 g/mol. The second-order valence-corrected chi connectivity index (χ2v) is 10.8. The largest absolute Gasteiger partial charge is 0.390 e. The molecular formula is C24H37NO4. The Morgan fingerprint density at radius 3 is 2.66 bits per heavy atom. The van der Waals surface area contributed by atoms with Crippen molar-refractivity contribution in [3.05, 3.63) is 0 Å². The molecule has 4 fully saturated rings. The number of nitrogens with zero attached hydrogens (tertiary/aromatic N) is 1. The maximum Gasteiger partial charge on any atom is 0.137 e. The zero-order valence-corrected chi connectivity index (χ0v) is 18.2. The van der Waals surface area contributed by atoms with Gasteiger partial charge >= 0.3 is 0 Å². The van der Waals surface area contributed by atoms with Crippen molar-refractivity contribution in [2.24, 2.45) is 40.4 Å².